The highest BCUT2D eigenvalue weighted by atomic mass is 79.9. The Hall–Kier alpha value is -3.43. The zero-order valence-corrected chi connectivity index (χ0v) is 21.9. The molecule has 0 saturated carbocycles. The molecule has 36 heavy (non-hydrogen) atoms. The number of nitrogens with zero attached hydrogens (tertiary/aromatic N) is 3. The van der Waals surface area contributed by atoms with E-state index in [1.54, 1.807) is 6.20 Å². The fourth-order valence-electron chi connectivity index (χ4n) is 4.38. The lowest BCUT2D eigenvalue weighted by Gasteiger charge is -2.34. The number of likely N-dealkylation sites (tertiary alicyclic amines) is 1. The Balaban J connectivity index is 1.40. The molecule has 0 aliphatic carbocycles. The molecule has 0 bridgehead atoms. The summed E-state index contributed by atoms with van der Waals surface area (Å²) in [5.74, 6) is 2.44. The first-order valence-electron chi connectivity index (χ1n) is 12.2. The van der Waals surface area contributed by atoms with Crippen LogP contribution in [0.2, 0.25) is 0 Å². The average Bonchev–Trinajstić information content (AvgIpc) is 2.88. The zero-order valence-electron chi connectivity index (χ0n) is 20.3. The van der Waals surface area contributed by atoms with Crippen LogP contribution in [0.5, 0.6) is 11.5 Å². The highest BCUT2D eigenvalue weighted by Crippen LogP contribution is 2.29. The average molecular weight is 549 g/mol. The number of hydrogen-bond donors (Lipinski definition) is 3. The van der Waals surface area contributed by atoms with Crippen LogP contribution in [-0.4, -0.2) is 45.0 Å². The maximum Gasteiger partial charge on any atom is 0.261 e. The molecule has 186 valence electrons. The normalized spacial score (nSPS) is 14.8. The summed E-state index contributed by atoms with van der Waals surface area (Å²) in [6.07, 6.45) is 3.64. The molecule has 9 heteroatoms. The van der Waals surface area contributed by atoms with Crippen LogP contribution in [-0.2, 0) is 0 Å². The smallest absolute Gasteiger partial charge is 0.261 e. The largest absolute Gasteiger partial charge is 0.457 e. The van der Waals surface area contributed by atoms with E-state index >= 15 is 0 Å². The number of nitrogens with one attached hydrogen (secondary N) is 3. The number of ether oxygens (including phenoxy) is 1. The van der Waals surface area contributed by atoms with E-state index in [0.29, 0.717) is 33.2 Å². The second-order valence-electron chi connectivity index (χ2n) is 9.20. The number of H-pyrrole nitrogens is 1. The molecule has 1 saturated heterocycles. The Bertz CT molecular complexity index is 1380. The number of pyridine rings is 1. The second-order valence-corrected chi connectivity index (χ2v) is 10.1. The van der Waals surface area contributed by atoms with E-state index in [9.17, 15) is 4.79 Å². The molecule has 0 unspecified atom stereocenters. The number of hydrogen-bond acceptors (Lipinski definition) is 7. The molecule has 1 fully saturated rings. The fourth-order valence-corrected chi connectivity index (χ4v) is 4.78. The van der Waals surface area contributed by atoms with Crippen LogP contribution in [0, 0.1) is 0 Å². The number of anilines is 3. The third kappa shape index (κ3) is 5.52. The van der Waals surface area contributed by atoms with Crippen LogP contribution in [0.3, 0.4) is 0 Å². The van der Waals surface area contributed by atoms with E-state index in [1.807, 2.05) is 54.6 Å². The molecule has 8 nitrogen and oxygen atoms in total. The van der Waals surface area contributed by atoms with Gasteiger partial charge in [-0.25, -0.2) is 4.98 Å². The van der Waals surface area contributed by atoms with Gasteiger partial charge in [0.1, 0.15) is 22.7 Å². The number of benzene rings is 2. The van der Waals surface area contributed by atoms with E-state index < -0.39 is 0 Å². The van der Waals surface area contributed by atoms with Gasteiger partial charge in [0, 0.05) is 37.1 Å². The third-order valence-corrected chi connectivity index (χ3v) is 6.99. The summed E-state index contributed by atoms with van der Waals surface area (Å²) in [4.78, 5) is 27.4. The van der Waals surface area contributed by atoms with Crippen molar-refractivity contribution in [3.63, 3.8) is 0 Å². The van der Waals surface area contributed by atoms with Gasteiger partial charge in [0.15, 0.2) is 0 Å². The summed E-state index contributed by atoms with van der Waals surface area (Å²) in [5.41, 5.74) is 1.09. The number of rotatable bonds is 7. The van der Waals surface area contributed by atoms with Crippen molar-refractivity contribution in [2.24, 2.45) is 0 Å². The van der Waals surface area contributed by atoms with Gasteiger partial charge in [-0.05, 0) is 79.0 Å². The molecule has 0 spiro atoms. The quantitative estimate of drug-likeness (QED) is 0.264. The van der Waals surface area contributed by atoms with Crippen molar-refractivity contribution < 1.29 is 4.74 Å². The topological polar surface area (TPSA) is 95.2 Å². The maximum absolute atomic E-state index is 12.8. The number of aromatic amines is 1. The number of fused-ring (bicyclic) bond motifs is 1. The molecule has 4 aromatic rings. The fraction of sp³-hybridized carbons (Fsp3) is 0.296. The lowest BCUT2D eigenvalue weighted by Crippen LogP contribution is -2.42. The van der Waals surface area contributed by atoms with Gasteiger partial charge in [-0.2, -0.15) is 4.98 Å². The summed E-state index contributed by atoms with van der Waals surface area (Å²) in [6.45, 7) is 6.53. The van der Waals surface area contributed by atoms with E-state index in [-0.39, 0.29) is 11.6 Å². The predicted octanol–water partition coefficient (Wildman–Crippen LogP) is 5.90. The third-order valence-electron chi connectivity index (χ3n) is 6.38. The van der Waals surface area contributed by atoms with Crippen molar-refractivity contribution in [1.29, 1.82) is 0 Å². The molecule has 1 aliphatic rings. The number of aromatic nitrogens is 3. The molecule has 0 atom stereocenters. The molecule has 0 radical (unpaired) electrons. The van der Waals surface area contributed by atoms with Crippen LogP contribution < -0.4 is 20.9 Å². The second kappa shape index (κ2) is 10.7. The van der Waals surface area contributed by atoms with Gasteiger partial charge >= 0.3 is 0 Å². The van der Waals surface area contributed by atoms with Gasteiger partial charge in [-0.15, -0.1) is 0 Å². The first-order valence-corrected chi connectivity index (χ1v) is 12.9. The summed E-state index contributed by atoms with van der Waals surface area (Å²) < 4.78 is 6.59. The van der Waals surface area contributed by atoms with E-state index in [2.05, 4.69) is 55.3 Å². The first-order chi connectivity index (χ1) is 17.5. The molecule has 5 rings (SSSR count). The van der Waals surface area contributed by atoms with Crippen molar-refractivity contribution in [3.8, 4) is 11.5 Å². The van der Waals surface area contributed by atoms with Crippen molar-refractivity contribution in [3.05, 3.63) is 75.6 Å². The Morgan fingerprint density at radius 3 is 2.42 bits per heavy atom. The standard InChI is InChI=1S/C27H29BrN6O2/c1-17(2)34-14-12-19(13-15-34)31-27-32-24-22(28)16-29-26(35)23(24)25(33-27)30-18-8-10-21(11-9-18)36-20-6-4-3-5-7-20/h3-11,16-17,19H,12-15H2,1-2H3,(H,29,35)(H2,30,31,32,33). The molecule has 1 aliphatic heterocycles. The summed E-state index contributed by atoms with van der Waals surface area (Å²) in [7, 11) is 0. The molecular weight excluding hydrogens is 520 g/mol. The van der Waals surface area contributed by atoms with E-state index in [4.69, 9.17) is 9.72 Å². The van der Waals surface area contributed by atoms with Gasteiger partial charge in [0.05, 0.1) is 9.99 Å². The van der Waals surface area contributed by atoms with Crippen LogP contribution >= 0.6 is 15.9 Å². The summed E-state index contributed by atoms with van der Waals surface area (Å²) in [6, 6.07) is 18.0. The van der Waals surface area contributed by atoms with Crippen LogP contribution in [0.15, 0.2) is 70.1 Å². The van der Waals surface area contributed by atoms with E-state index in [1.165, 1.54) is 0 Å². The highest BCUT2D eigenvalue weighted by Gasteiger charge is 2.22. The minimum Gasteiger partial charge on any atom is -0.457 e. The van der Waals surface area contributed by atoms with Crippen molar-refractivity contribution in [2.75, 3.05) is 23.7 Å². The Morgan fingerprint density at radius 2 is 1.72 bits per heavy atom. The first kappa shape index (κ1) is 24.3. The van der Waals surface area contributed by atoms with Crippen LogP contribution in [0.25, 0.3) is 10.9 Å². The van der Waals surface area contributed by atoms with Gasteiger partial charge in [-0.3, -0.25) is 4.79 Å². The van der Waals surface area contributed by atoms with Crippen molar-refractivity contribution in [1.82, 2.24) is 19.9 Å². The van der Waals surface area contributed by atoms with E-state index in [0.717, 1.165) is 43.1 Å². The Morgan fingerprint density at radius 1 is 1.03 bits per heavy atom. The molecule has 2 aromatic carbocycles. The van der Waals surface area contributed by atoms with Crippen molar-refractivity contribution in [2.45, 2.75) is 38.8 Å². The van der Waals surface area contributed by atoms with Gasteiger partial charge in [-0.1, -0.05) is 18.2 Å². The maximum atomic E-state index is 12.8. The summed E-state index contributed by atoms with van der Waals surface area (Å²) in [5, 5.41) is 7.21. The molecule has 3 N–H and O–H groups in total. The monoisotopic (exact) mass is 548 g/mol. The number of piperidine rings is 1. The van der Waals surface area contributed by atoms with Gasteiger partial charge in [0.25, 0.3) is 5.56 Å². The van der Waals surface area contributed by atoms with Crippen LogP contribution in [0.1, 0.15) is 26.7 Å². The number of halogens is 1. The molecule has 2 aromatic heterocycles. The Labute approximate surface area is 218 Å². The SMILES string of the molecule is CC(C)N1CCC(Nc2nc(Nc3ccc(Oc4ccccc4)cc3)c3c(=O)[nH]cc(Br)c3n2)CC1. The predicted molar refractivity (Wildman–Crippen MR) is 147 cm³/mol. The summed E-state index contributed by atoms with van der Waals surface area (Å²) >= 11 is 3.54. The minimum absolute atomic E-state index is 0.253. The van der Waals surface area contributed by atoms with Gasteiger partial charge < -0.3 is 25.3 Å². The molecular formula is C27H29BrN6O2. The van der Waals surface area contributed by atoms with Crippen molar-refractivity contribution >= 4 is 44.3 Å². The molecule has 0 amide bonds. The minimum atomic E-state index is -0.253. The van der Waals surface area contributed by atoms with Gasteiger partial charge in [0.2, 0.25) is 5.95 Å². The lowest BCUT2D eigenvalue weighted by molar-refractivity contribution is 0.177. The zero-order chi connectivity index (χ0) is 25.1. The Kier molecular flexibility index (Phi) is 7.20. The lowest BCUT2D eigenvalue weighted by atomic mass is 10.0. The van der Waals surface area contributed by atoms with Crippen LogP contribution in [0.4, 0.5) is 17.5 Å². The molecule has 3 heterocycles. The highest BCUT2D eigenvalue weighted by molar-refractivity contribution is 9.10. The number of para-hydroxylation sites is 1.